The summed E-state index contributed by atoms with van der Waals surface area (Å²) in [4.78, 5) is 40.0. The number of thiophene rings is 2. The molecule has 0 radical (unpaired) electrons. The van der Waals surface area contributed by atoms with E-state index in [1.165, 1.54) is 29.8 Å². The first kappa shape index (κ1) is 30.2. The molecule has 0 bridgehead atoms. The summed E-state index contributed by atoms with van der Waals surface area (Å²) >= 11 is 8.96. The zero-order valence-electron chi connectivity index (χ0n) is 22.4. The molecule has 2 heterocycles. The molecule has 11 heteroatoms. The first-order chi connectivity index (χ1) is 19.3. The number of halogens is 1. The van der Waals surface area contributed by atoms with Crippen molar-refractivity contribution in [3.8, 4) is 5.75 Å². The summed E-state index contributed by atoms with van der Waals surface area (Å²) in [5, 5.41) is 18.3. The molecule has 1 fully saturated rings. The largest absolute Gasteiger partial charge is 0.496 e. The van der Waals surface area contributed by atoms with Crippen LogP contribution < -0.4 is 10.1 Å². The van der Waals surface area contributed by atoms with Gasteiger partial charge in [0.05, 0.1) is 27.6 Å². The first-order valence-electron chi connectivity index (χ1n) is 13.1. The highest BCUT2D eigenvalue weighted by Gasteiger charge is 2.45. The van der Waals surface area contributed by atoms with Crippen LogP contribution in [0, 0.1) is 0 Å². The number of methoxy groups -OCH3 is 1. The van der Waals surface area contributed by atoms with Crippen molar-refractivity contribution in [1.82, 2.24) is 4.90 Å². The molecular weight excluding hydrogens is 572 g/mol. The van der Waals surface area contributed by atoms with E-state index in [1.54, 1.807) is 24.3 Å². The minimum absolute atomic E-state index is 0.174. The van der Waals surface area contributed by atoms with Crippen LogP contribution in [-0.2, 0) is 31.1 Å². The highest BCUT2D eigenvalue weighted by Crippen LogP contribution is 2.38. The highest BCUT2D eigenvalue weighted by atomic mass is 35.5. The quantitative estimate of drug-likeness (QED) is 0.214. The van der Waals surface area contributed by atoms with Gasteiger partial charge in [0.15, 0.2) is 0 Å². The second kappa shape index (κ2) is 13.7. The molecule has 1 aliphatic rings. The predicted octanol–water partition coefficient (Wildman–Crippen LogP) is 5.26. The van der Waals surface area contributed by atoms with E-state index in [0.29, 0.717) is 51.2 Å². The second-order valence-electron chi connectivity index (χ2n) is 9.79. The molecule has 3 aromatic rings. The summed E-state index contributed by atoms with van der Waals surface area (Å²) in [6, 6.07) is 10.6. The summed E-state index contributed by atoms with van der Waals surface area (Å²) in [7, 11) is 3.49. The van der Waals surface area contributed by atoms with Crippen LogP contribution in [0.4, 0.5) is 5.69 Å². The Balaban J connectivity index is 1.26. The molecule has 2 N–H and O–H groups in total. The molecule has 0 unspecified atom stereocenters. The number of aldehydes is 1. The lowest BCUT2D eigenvalue weighted by molar-refractivity contribution is -0.169. The molecule has 2 aromatic heterocycles. The van der Waals surface area contributed by atoms with Crippen LogP contribution >= 0.6 is 34.3 Å². The monoisotopic (exact) mass is 604 g/mol. The van der Waals surface area contributed by atoms with Crippen LogP contribution in [0.25, 0.3) is 0 Å². The number of rotatable bonds is 12. The summed E-state index contributed by atoms with van der Waals surface area (Å²) < 4.78 is 11.2. The fourth-order valence-corrected chi connectivity index (χ4v) is 6.88. The molecule has 1 aromatic carbocycles. The maximum Gasteiger partial charge on any atom is 0.349 e. The normalized spacial score (nSPS) is 17.4. The van der Waals surface area contributed by atoms with E-state index in [2.05, 4.69) is 10.2 Å². The van der Waals surface area contributed by atoms with E-state index in [4.69, 9.17) is 21.1 Å². The van der Waals surface area contributed by atoms with E-state index in [0.717, 1.165) is 19.1 Å². The third-order valence-electron chi connectivity index (χ3n) is 7.23. The number of ether oxygens (including phenoxy) is 2. The maximum absolute atomic E-state index is 13.2. The topological polar surface area (TPSA) is 105 Å². The third kappa shape index (κ3) is 6.92. The number of aliphatic hydroxyl groups is 1. The van der Waals surface area contributed by atoms with Gasteiger partial charge in [0.2, 0.25) is 11.5 Å². The molecule has 40 heavy (non-hydrogen) atoms. The second-order valence-corrected chi connectivity index (χ2v) is 12.1. The fraction of sp³-hybridized carbons (Fsp3) is 0.414. The summed E-state index contributed by atoms with van der Waals surface area (Å²) in [6.45, 7) is 0.551. The van der Waals surface area contributed by atoms with Gasteiger partial charge in [-0.05, 0) is 61.7 Å². The Hall–Kier alpha value is -2.76. The van der Waals surface area contributed by atoms with Crippen LogP contribution in [-0.4, -0.2) is 61.0 Å². The van der Waals surface area contributed by atoms with Gasteiger partial charge in [-0.2, -0.15) is 0 Å². The van der Waals surface area contributed by atoms with Gasteiger partial charge >= 0.3 is 5.97 Å². The Morgan fingerprint density at radius 3 is 2.35 bits per heavy atom. The molecule has 214 valence electrons. The molecule has 0 atom stereocenters. The number of amides is 1. The van der Waals surface area contributed by atoms with Gasteiger partial charge < -0.3 is 29.6 Å². The van der Waals surface area contributed by atoms with Gasteiger partial charge in [-0.3, -0.25) is 4.79 Å². The fourth-order valence-electron chi connectivity index (χ4n) is 4.93. The van der Waals surface area contributed by atoms with E-state index in [9.17, 15) is 19.5 Å². The summed E-state index contributed by atoms with van der Waals surface area (Å²) in [5.74, 6) is -0.325. The molecule has 0 saturated heterocycles. The van der Waals surface area contributed by atoms with E-state index in [1.807, 2.05) is 29.9 Å². The summed E-state index contributed by atoms with van der Waals surface area (Å²) in [5.41, 5.74) is -0.706. The zero-order chi connectivity index (χ0) is 28.7. The number of benzene rings is 1. The summed E-state index contributed by atoms with van der Waals surface area (Å²) in [6.07, 6.45) is 3.94. The van der Waals surface area contributed by atoms with Crippen LogP contribution in [0.2, 0.25) is 5.02 Å². The van der Waals surface area contributed by atoms with Gasteiger partial charge in [0.1, 0.15) is 18.1 Å². The van der Waals surface area contributed by atoms with Crippen molar-refractivity contribution in [2.75, 3.05) is 26.0 Å². The lowest BCUT2D eigenvalue weighted by Gasteiger charge is -2.35. The smallest absolute Gasteiger partial charge is 0.349 e. The minimum Gasteiger partial charge on any atom is -0.496 e. The SMILES string of the molecule is COc1cc(NC(=O)CCN(C)[C@H]2CC[C@H](OC(=O)C(O)(c3cccs3)c3cccs3)CC2)c(Cl)cc1CC=O. The van der Waals surface area contributed by atoms with Gasteiger partial charge in [-0.25, -0.2) is 4.79 Å². The number of anilines is 1. The van der Waals surface area contributed by atoms with Gasteiger partial charge in [-0.1, -0.05) is 23.7 Å². The molecule has 8 nitrogen and oxygen atoms in total. The van der Waals surface area contributed by atoms with Crippen molar-refractivity contribution < 1.29 is 29.0 Å². The lowest BCUT2D eigenvalue weighted by atomic mass is 9.91. The van der Waals surface area contributed by atoms with Gasteiger partial charge in [-0.15, -0.1) is 22.7 Å². The Morgan fingerprint density at radius 1 is 1.15 bits per heavy atom. The van der Waals surface area contributed by atoms with Crippen molar-refractivity contribution in [1.29, 1.82) is 0 Å². The van der Waals surface area contributed by atoms with Crippen molar-refractivity contribution in [3.63, 3.8) is 0 Å². The van der Waals surface area contributed by atoms with E-state index in [-0.39, 0.29) is 30.9 Å². The van der Waals surface area contributed by atoms with Crippen molar-refractivity contribution in [2.24, 2.45) is 0 Å². The van der Waals surface area contributed by atoms with Crippen LogP contribution in [0.15, 0.2) is 47.2 Å². The van der Waals surface area contributed by atoms with Crippen LogP contribution in [0.1, 0.15) is 47.4 Å². The zero-order valence-corrected chi connectivity index (χ0v) is 24.8. The van der Waals surface area contributed by atoms with E-state index < -0.39 is 11.6 Å². The van der Waals surface area contributed by atoms with Crippen molar-refractivity contribution in [3.05, 3.63) is 67.5 Å². The standard InChI is InChI=1S/C29H33ClN2O6S2/c1-32(13-11-27(34)31-23-18-24(37-2)19(12-14-33)17-22(23)30)20-7-9-21(10-8-20)38-28(35)29(36,25-5-3-15-39-25)26-6-4-16-40-26/h3-6,14-18,20-21,36H,7-13H2,1-2H3,(H,31,34)/t20-,21-. The molecular formula is C29H33ClN2O6S2. The third-order valence-corrected chi connectivity index (χ3v) is 9.50. The molecule has 1 aliphatic carbocycles. The Bertz CT molecular complexity index is 1260. The van der Waals surface area contributed by atoms with Crippen molar-refractivity contribution >= 4 is 58.1 Å². The van der Waals surface area contributed by atoms with Gasteiger partial charge in [0, 0.05) is 37.1 Å². The number of hydrogen-bond donors (Lipinski definition) is 2. The molecule has 1 saturated carbocycles. The Kier molecular flexibility index (Phi) is 10.4. The van der Waals surface area contributed by atoms with Crippen molar-refractivity contribution in [2.45, 2.75) is 56.3 Å². The highest BCUT2D eigenvalue weighted by molar-refractivity contribution is 7.12. The molecule has 1 amide bonds. The number of hydrogen-bond acceptors (Lipinski definition) is 9. The van der Waals surface area contributed by atoms with Crippen LogP contribution in [0.5, 0.6) is 5.75 Å². The van der Waals surface area contributed by atoms with E-state index >= 15 is 0 Å². The molecule has 4 rings (SSSR count). The average molecular weight is 605 g/mol. The van der Waals surface area contributed by atoms with Gasteiger partial charge in [0.25, 0.3) is 0 Å². The maximum atomic E-state index is 13.2. The number of nitrogens with zero attached hydrogens (tertiary/aromatic N) is 1. The predicted molar refractivity (Wildman–Crippen MR) is 157 cm³/mol. The number of carbonyl (C=O) groups is 3. The number of esters is 1. The average Bonchev–Trinajstić information content (AvgIpc) is 3.69. The minimum atomic E-state index is -1.80. The molecule has 0 aliphatic heterocycles. The lowest BCUT2D eigenvalue weighted by Crippen LogP contribution is -2.42. The first-order valence-corrected chi connectivity index (χ1v) is 15.2. The Labute approximate surface area is 246 Å². The molecule has 0 spiro atoms. The van der Waals surface area contributed by atoms with Crippen LogP contribution in [0.3, 0.4) is 0 Å². The number of nitrogens with one attached hydrogen (secondary N) is 1. The Morgan fingerprint density at radius 2 is 1.80 bits per heavy atom. The number of carbonyl (C=O) groups excluding carboxylic acids is 3.